The molecule has 0 spiro atoms. The first-order valence-corrected chi connectivity index (χ1v) is 6.25. The van der Waals surface area contributed by atoms with Crippen LogP contribution >= 0.6 is 0 Å². The van der Waals surface area contributed by atoms with Gasteiger partial charge in [0.2, 0.25) is 5.96 Å². The third-order valence-corrected chi connectivity index (χ3v) is 3.61. The van der Waals surface area contributed by atoms with Gasteiger partial charge in [-0.05, 0) is 0 Å². The number of aliphatic hydroxyl groups is 4. The van der Waals surface area contributed by atoms with Crippen LogP contribution in [0, 0.1) is 0 Å². The standard InChI is InChI=1S/C10H15N5O6/c11-8-12-6-10(20,7(18)13-8)14-9(19)15(6)5-1-3(17)4(2-16)21-5/h3-5,9,14,16-17,19-20H,1-2H2,(H2,11,13,18)/t3-,4+,5+,9?,10?/m0/s1. The first kappa shape index (κ1) is 14.3. The number of aliphatic imine (C=N–C) groups is 2. The van der Waals surface area contributed by atoms with Gasteiger partial charge in [-0.15, -0.1) is 0 Å². The average molecular weight is 301 g/mol. The fourth-order valence-corrected chi connectivity index (χ4v) is 2.58. The van der Waals surface area contributed by atoms with E-state index in [-0.39, 0.29) is 18.2 Å². The molecule has 0 radical (unpaired) electrons. The second kappa shape index (κ2) is 4.69. The van der Waals surface area contributed by atoms with Gasteiger partial charge in [0.25, 0.3) is 5.72 Å². The molecule has 3 aliphatic rings. The van der Waals surface area contributed by atoms with Gasteiger partial charge >= 0.3 is 5.91 Å². The highest BCUT2D eigenvalue weighted by Gasteiger charge is 2.58. The van der Waals surface area contributed by atoms with Gasteiger partial charge in [-0.25, -0.2) is 5.32 Å². The Bertz CT molecular complexity index is 538. The number of hydrogen-bond acceptors (Lipinski definition) is 10. The normalized spacial score (nSPS) is 42.9. The van der Waals surface area contributed by atoms with Crippen molar-refractivity contribution in [1.82, 2.24) is 10.2 Å². The fourth-order valence-electron chi connectivity index (χ4n) is 2.58. The number of carbonyl (C=O) groups excluding carboxylic acids is 1. The van der Waals surface area contributed by atoms with E-state index in [0.717, 1.165) is 4.90 Å². The van der Waals surface area contributed by atoms with Gasteiger partial charge < -0.3 is 30.9 Å². The van der Waals surface area contributed by atoms with E-state index in [1.165, 1.54) is 0 Å². The maximum atomic E-state index is 11.8. The molecule has 2 unspecified atom stereocenters. The molecule has 11 heteroatoms. The first-order valence-electron chi connectivity index (χ1n) is 6.25. The highest BCUT2D eigenvalue weighted by atomic mass is 16.6. The van der Waals surface area contributed by atoms with Gasteiger partial charge in [-0.1, -0.05) is 0 Å². The molecule has 5 atom stereocenters. The highest BCUT2D eigenvalue weighted by molar-refractivity contribution is 6.20. The lowest BCUT2D eigenvalue weighted by molar-refractivity contribution is -0.134. The molecule has 0 saturated carbocycles. The third-order valence-electron chi connectivity index (χ3n) is 3.61. The first-order chi connectivity index (χ1) is 9.86. The molecule has 0 aromatic heterocycles. The smallest absolute Gasteiger partial charge is 0.304 e. The number of nitrogens with two attached hydrogens (primary N) is 1. The second-order valence-corrected chi connectivity index (χ2v) is 4.96. The summed E-state index contributed by atoms with van der Waals surface area (Å²) in [6.07, 6.45) is -4.13. The summed E-state index contributed by atoms with van der Waals surface area (Å²) in [6, 6.07) is 0. The number of nitrogens with zero attached hydrogens (tertiary/aromatic N) is 3. The summed E-state index contributed by atoms with van der Waals surface area (Å²) in [5.74, 6) is -1.63. The van der Waals surface area contributed by atoms with E-state index in [1.54, 1.807) is 0 Å². The van der Waals surface area contributed by atoms with Crippen LogP contribution in [-0.2, 0) is 9.53 Å². The zero-order chi connectivity index (χ0) is 15.4. The summed E-state index contributed by atoms with van der Waals surface area (Å²) >= 11 is 0. The van der Waals surface area contributed by atoms with Crippen molar-refractivity contribution >= 4 is 17.7 Å². The molecule has 21 heavy (non-hydrogen) atoms. The molecule has 3 heterocycles. The predicted octanol–water partition coefficient (Wildman–Crippen LogP) is -4.42. The molecule has 0 aromatic carbocycles. The Morgan fingerprint density at radius 2 is 2.19 bits per heavy atom. The monoisotopic (exact) mass is 301 g/mol. The van der Waals surface area contributed by atoms with Gasteiger partial charge in [0.15, 0.2) is 12.2 Å². The van der Waals surface area contributed by atoms with Crippen LogP contribution in [0.25, 0.3) is 0 Å². The molecule has 2 fully saturated rings. The van der Waals surface area contributed by atoms with Crippen molar-refractivity contribution in [2.75, 3.05) is 6.61 Å². The number of hydrogen-bond donors (Lipinski definition) is 6. The SMILES string of the molecule is NC1=NC(=O)C2(O)NC(O)N([C@H]3C[C@H](O)[C@@H](CO)O3)C2=N1. The number of carbonyl (C=O) groups is 1. The van der Waals surface area contributed by atoms with Crippen LogP contribution in [0.2, 0.25) is 0 Å². The van der Waals surface area contributed by atoms with Crippen molar-refractivity contribution in [1.29, 1.82) is 0 Å². The zero-order valence-corrected chi connectivity index (χ0v) is 10.7. The predicted molar refractivity (Wildman–Crippen MR) is 66.4 cm³/mol. The van der Waals surface area contributed by atoms with Crippen LogP contribution < -0.4 is 11.1 Å². The number of amides is 1. The van der Waals surface area contributed by atoms with Crippen LogP contribution in [0.3, 0.4) is 0 Å². The van der Waals surface area contributed by atoms with E-state index < -0.39 is 43.0 Å². The Morgan fingerprint density at radius 3 is 2.81 bits per heavy atom. The van der Waals surface area contributed by atoms with Crippen molar-refractivity contribution < 1.29 is 30.0 Å². The molecule has 11 nitrogen and oxygen atoms in total. The minimum atomic E-state index is -2.30. The lowest BCUT2D eigenvalue weighted by Gasteiger charge is -2.29. The average Bonchev–Trinajstić information content (AvgIpc) is 2.88. The largest absolute Gasteiger partial charge is 0.394 e. The van der Waals surface area contributed by atoms with E-state index in [9.17, 15) is 20.1 Å². The van der Waals surface area contributed by atoms with Gasteiger partial charge in [-0.3, -0.25) is 9.69 Å². The Labute approximate surface area is 118 Å². The van der Waals surface area contributed by atoms with E-state index in [1.807, 2.05) is 0 Å². The summed E-state index contributed by atoms with van der Waals surface area (Å²) in [4.78, 5) is 19.9. The van der Waals surface area contributed by atoms with E-state index in [0.29, 0.717) is 0 Å². The minimum absolute atomic E-state index is 0.0459. The molecule has 2 saturated heterocycles. The number of rotatable bonds is 2. The van der Waals surface area contributed by atoms with Crippen molar-refractivity contribution in [3.8, 4) is 0 Å². The van der Waals surface area contributed by atoms with Crippen molar-refractivity contribution in [3.05, 3.63) is 0 Å². The lowest BCUT2D eigenvalue weighted by Crippen LogP contribution is -2.56. The molecule has 3 rings (SSSR count). The van der Waals surface area contributed by atoms with Crippen LogP contribution in [0.1, 0.15) is 6.42 Å². The molecule has 7 N–H and O–H groups in total. The summed E-state index contributed by atoms with van der Waals surface area (Å²) in [5.41, 5.74) is 3.09. The summed E-state index contributed by atoms with van der Waals surface area (Å²) in [5, 5.41) is 41.3. The Balaban J connectivity index is 1.93. The molecule has 0 aromatic rings. The van der Waals surface area contributed by atoms with E-state index in [4.69, 9.17) is 15.6 Å². The zero-order valence-electron chi connectivity index (χ0n) is 10.7. The molecular weight excluding hydrogens is 286 g/mol. The van der Waals surface area contributed by atoms with Gasteiger partial charge in [0.1, 0.15) is 12.3 Å². The van der Waals surface area contributed by atoms with Crippen molar-refractivity contribution in [2.45, 2.75) is 36.9 Å². The number of amidine groups is 1. The molecular formula is C10H15N5O6. The maximum Gasteiger partial charge on any atom is 0.304 e. The Hall–Kier alpha value is -1.63. The maximum absolute atomic E-state index is 11.8. The fraction of sp³-hybridized carbons (Fsp3) is 0.700. The number of fused-ring (bicyclic) bond motifs is 1. The second-order valence-electron chi connectivity index (χ2n) is 4.96. The minimum Gasteiger partial charge on any atom is -0.394 e. The van der Waals surface area contributed by atoms with Gasteiger partial charge in [0.05, 0.1) is 12.7 Å². The number of ether oxygens (including phenoxy) is 1. The van der Waals surface area contributed by atoms with Crippen molar-refractivity contribution in [2.24, 2.45) is 15.7 Å². The Kier molecular flexibility index (Phi) is 3.20. The number of nitrogens with one attached hydrogen (secondary N) is 1. The number of aliphatic hydroxyl groups excluding tert-OH is 3. The van der Waals surface area contributed by atoms with Crippen LogP contribution in [0.15, 0.2) is 9.98 Å². The summed E-state index contributed by atoms with van der Waals surface area (Å²) in [6.45, 7) is -0.408. The highest BCUT2D eigenvalue weighted by Crippen LogP contribution is 2.31. The topological polar surface area (TPSA) is 173 Å². The third kappa shape index (κ3) is 2.02. The van der Waals surface area contributed by atoms with Gasteiger partial charge in [0, 0.05) is 6.42 Å². The summed E-state index contributed by atoms with van der Waals surface area (Å²) < 4.78 is 5.38. The van der Waals surface area contributed by atoms with Crippen molar-refractivity contribution in [3.63, 3.8) is 0 Å². The quantitative estimate of drug-likeness (QED) is 0.294. The van der Waals surface area contributed by atoms with E-state index in [2.05, 4.69) is 15.3 Å². The molecule has 0 aliphatic carbocycles. The summed E-state index contributed by atoms with van der Waals surface area (Å²) in [7, 11) is 0. The van der Waals surface area contributed by atoms with Gasteiger partial charge in [-0.2, -0.15) is 9.98 Å². The number of guanidine groups is 1. The Morgan fingerprint density at radius 1 is 1.48 bits per heavy atom. The van der Waals surface area contributed by atoms with E-state index >= 15 is 0 Å². The molecule has 0 bridgehead atoms. The van der Waals surface area contributed by atoms with Crippen LogP contribution in [0.5, 0.6) is 0 Å². The lowest BCUT2D eigenvalue weighted by atomic mass is 10.1. The van der Waals surface area contributed by atoms with Crippen LogP contribution in [0.4, 0.5) is 0 Å². The molecule has 3 aliphatic heterocycles. The molecule has 116 valence electrons. The molecule has 1 amide bonds. The van der Waals surface area contributed by atoms with Crippen LogP contribution in [-0.4, -0.2) is 80.1 Å².